The lowest BCUT2D eigenvalue weighted by Gasteiger charge is -2.07. The van der Waals surface area contributed by atoms with Gasteiger partial charge in [0.1, 0.15) is 5.75 Å². The first-order valence-electron chi connectivity index (χ1n) is 6.76. The third-order valence-corrected chi connectivity index (χ3v) is 4.53. The van der Waals surface area contributed by atoms with E-state index in [0.29, 0.717) is 17.9 Å². The molecular weight excluding hydrogens is 316 g/mol. The first kappa shape index (κ1) is 16.4. The summed E-state index contributed by atoms with van der Waals surface area (Å²) >= 11 is 3.49. The van der Waals surface area contributed by atoms with Crippen molar-refractivity contribution < 1.29 is 9.53 Å². The number of rotatable bonds is 8. The number of amides is 1. The summed E-state index contributed by atoms with van der Waals surface area (Å²) in [6.45, 7) is 0.617. The van der Waals surface area contributed by atoms with Gasteiger partial charge in [-0.2, -0.15) is 28.4 Å². The van der Waals surface area contributed by atoms with Gasteiger partial charge in [0, 0.05) is 18.1 Å². The van der Waals surface area contributed by atoms with Gasteiger partial charge >= 0.3 is 0 Å². The van der Waals surface area contributed by atoms with E-state index in [4.69, 9.17) is 10.00 Å². The molecule has 1 N–H and O–H groups in total. The molecule has 0 unspecified atom stereocenters. The van der Waals surface area contributed by atoms with Crippen molar-refractivity contribution >= 4 is 29.0 Å². The minimum atomic E-state index is -0.138. The van der Waals surface area contributed by atoms with Crippen LogP contribution in [0, 0.1) is 11.3 Å². The highest BCUT2D eigenvalue weighted by Crippen LogP contribution is 2.14. The Morgan fingerprint density at radius 3 is 2.82 bits per heavy atom. The molecule has 0 radical (unpaired) electrons. The van der Waals surface area contributed by atoms with Crippen molar-refractivity contribution in [3.05, 3.63) is 52.2 Å². The second-order valence-corrected chi connectivity index (χ2v) is 6.34. The molecule has 1 aromatic heterocycles. The summed E-state index contributed by atoms with van der Waals surface area (Å²) in [6, 6.07) is 10.8. The van der Waals surface area contributed by atoms with Crippen molar-refractivity contribution in [1.29, 1.82) is 5.26 Å². The molecule has 0 spiro atoms. The number of hydrogen-bond acceptors (Lipinski definition) is 5. The lowest BCUT2D eigenvalue weighted by atomic mass is 10.2. The van der Waals surface area contributed by atoms with Crippen LogP contribution in [-0.2, 0) is 10.5 Å². The third kappa shape index (κ3) is 5.80. The van der Waals surface area contributed by atoms with E-state index in [-0.39, 0.29) is 12.5 Å². The Hall–Kier alpha value is -1.97. The van der Waals surface area contributed by atoms with E-state index in [1.807, 2.05) is 6.07 Å². The molecule has 0 saturated heterocycles. The van der Waals surface area contributed by atoms with Crippen LogP contribution in [0.5, 0.6) is 5.75 Å². The second-order valence-electron chi connectivity index (χ2n) is 4.46. The number of carbonyl (C=O) groups is 1. The topological polar surface area (TPSA) is 62.1 Å². The van der Waals surface area contributed by atoms with Crippen molar-refractivity contribution in [3.63, 3.8) is 0 Å². The third-order valence-electron chi connectivity index (χ3n) is 2.77. The van der Waals surface area contributed by atoms with Gasteiger partial charge in [-0.15, -0.1) is 0 Å². The fraction of sp³-hybridized carbons (Fsp3) is 0.250. The minimum absolute atomic E-state index is 0.0128. The monoisotopic (exact) mass is 332 g/mol. The van der Waals surface area contributed by atoms with Crippen molar-refractivity contribution in [2.24, 2.45) is 0 Å². The first-order valence-corrected chi connectivity index (χ1v) is 8.86. The smallest absolute Gasteiger partial charge is 0.257 e. The Labute approximate surface area is 138 Å². The maximum absolute atomic E-state index is 11.6. The van der Waals surface area contributed by atoms with Crippen LogP contribution < -0.4 is 10.1 Å². The summed E-state index contributed by atoms with van der Waals surface area (Å²) < 4.78 is 5.36. The molecule has 0 aliphatic carbocycles. The molecule has 2 rings (SSSR count). The Morgan fingerprint density at radius 1 is 1.32 bits per heavy atom. The number of thioether (sulfide) groups is 1. The molecule has 114 valence electrons. The molecule has 22 heavy (non-hydrogen) atoms. The molecule has 4 nitrogen and oxygen atoms in total. The quantitative estimate of drug-likeness (QED) is 0.755. The molecule has 0 saturated carbocycles. The van der Waals surface area contributed by atoms with Gasteiger partial charge in [0.2, 0.25) is 0 Å². The lowest BCUT2D eigenvalue weighted by molar-refractivity contribution is -0.122. The van der Waals surface area contributed by atoms with Crippen LogP contribution in [0.2, 0.25) is 0 Å². The van der Waals surface area contributed by atoms with Gasteiger partial charge in [-0.1, -0.05) is 0 Å². The van der Waals surface area contributed by atoms with E-state index < -0.39 is 0 Å². The molecule has 2 aromatic rings. The van der Waals surface area contributed by atoms with Crippen molar-refractivity contribution in [2.45, 2.75) is 5.75 Å². The van der Waals surface area contributed by atoms with Gasteiger partial charge in [-0.05, 0) is 46.7 Å². The molecule has 6 heteroatoms. The number of nitrogens with one attached hydrogen (secondary N) is 1. The van der Waals surface area contributed by atoms with Crippen LogP contribution in [0.1, 0.15) is 11.1 Å². The highest BCUT2D eigenvalue weighted by molar-refractivity contribution is 7.98. The largest absolute Gasteiger partial charge is 0.484 e. The summed E-state index contributed by atoms with van der Waals surface area (Å²) in [5.74, 6) is 2.29. The van der Waals surface area contributed by atoms with Gasteiger partial charge in [0.15, 0.2) is 6.61 Å². The predicted molar refractivity (Wildman–Crippen MR) is 90.1 cm³/mol. The zero-order valence-corrected chi connectivity index (χ0v) is 13.6. The van der Waals surface area contributed by atoms with Crippen molar-refractivity contribution in [2.75, 3.05) is 18.9 Å². The van der Waals surface area contributed by atoms with Crippen molar-refractivity contribution in [3.8, 4) is 11.8 Å². The molecule has 1 heterocycles. The van der Waals surface area contributed by atoms with Crippen molar-refractivity contribution in [1.82, 2.24) is 5.32 Å². The fourth-order valence-electron chi connectivity index (χ4n) is 1.65. The summed E-state index contributed by atoms with van der Waals surface area (Å²) in [6.07, 6.45) is 0. The summed E-state index contributed by atoms with van der Waals surface area (Å²) in [5, 5.41) is 15.7. The zero-order valence-electron chi connectivity index (χ0n) is 12.0. The highest BCUT2D eigenvalue weighted by atomic mass is 32.2. The number of thiophene rings is 1. The lowest BCUT2D eigenvalue weighted by Crippen LogP contribution is -2.30. The Morgan fingerprint density at radius 2 is 2.14 bits per heavy atom. The highest BCUT2D eigenvalue weighted by Gasteiger charge is 2.02. The van der Waals surface area contributed by atoms with E-state index in [1.165, 1.54) is 5.56 Å². The first-order chi connectivity index (χ1) is 10.8. The van der Waals surface area contributed by atoms with Crippen LogP contribution in [0.3, 0.4) is 0 Å². The average molecular weight is 332 g/mol. The predicted octanol–water partition coefficient (Wildman–Crippen LogP) is 3.05. The molecule has 1 amide bonds. The van der Waals surface area contributed by atoms with Crippen LogP contribution in [0.15, 0.2) is 41.1 Å². The minimum Gasteiger partial charge on any atom is -0.484 e. The van der Waals surface area contributed by atoms with E-state index >= 15 is 0 Å². The maximum Gasteiger partial charge on any atom is 0.257 e. The summed E-state index contributed by atoms with van der Waals surface area (Å²) in [7, 11) is 0. The van der Waals surface area contributed by atoms with E-state index in [9.17, 15) is 4.79 Å². The normalized spacial score (nSPS) is 9.95. The van der Waals surface area contributed by atoms with Gasteiger partial charge in [0.05, 0.1) is 11.6 Å². The van der Waals surface area contributed by atoms with Crippen LogP contribution >= 0.6 is 23.1 Å². The Kier molecular flexibility index (Phi) is 6.81. The number of nitrogens with zero attached hydrogens (tertiary/aromatic N) is 1. The fourth-order valence-corrected chi connectivity index (χ4v) is 3.23. The SMILES string of the molecule is N#Cc1ccc(OCC(=O)NCCSCc2ccsc2)cc1. The molecule has 0 atom stereocenters. The summed E-state index contributed by atoms with van der Waals surface area (Å²) in [4.78, 5) is 11.6. The van der Waals surface area contributed by atoms with Crippen LogP contribution in [0.25, 0.3) is 0 Å². The van der Waals surface area contributed by atoms with Crippen LogP contribution in [0.4, 0.5) is 0 Å². The van der Waals surface area contributed by atoms with Gasteiger partial charge < -0.3 is 10.1 Å². The number of benzene rings is 1. The molecule has 0 aliphatic heterocycles. The number of ether oxygens (including phenoxy) is 1. The molecule has 0 fully saturated rings. The molecule has 1 aromatic carbocycles. The van der Waals surface area contributed by atoms with Gasteiger partial charge in [-0.25, -0.2) is 0 Å². The number of hydrogen-bond donors (Lipinski definition) is 1. The Balaban J connectivity index is 1.56. The average Bonchev–Trinajstić information content (AvgIpc) is 3.06. The molecular formula is C16H16N2O2S2. The van der Waals surface area contributed by atoms with E-state index in [2.05, 4.69) is 22.1 Å². The Bertz CT molecular complexity index is 619. The zero-order chi connectivity index (χ0) is 15.6. The molecule has 0 bridgehead atoms. The van der Waals surface area contributed by atoms with Crippen LogP contribution in [-0.4, -0.2) is 24.8 Å². The number of carbonyl (C=O) groups excluding carboxylic acids is 1. The molecule has 0 aliphatic rings. The van der Waals surface area contributed by atoms with Gasteiger partial charge in [-0.3, -0.25) is 4.79 Å². The summed E-state index contributed by atoms with van der Waals surface area (Å²) in [5.41, 5.74) is 1.89. The standard InChI is InChI=1S/C16H16N2O2S2/c17-9-13-1-3-15(4-2-13)20-10-16(19)18-6-8-22-12-14-5-7-21-11-14/h1-5,7,11H,6,8,10,12H2,(H,18,19). The number of nitriles is 1. The van der Waals surface area contributed by atoms with E-state index in [1.54, 1.807) is 47.4 Å². The second kappa shape index (κ2) is 9.13. The maximum atomic E-state index is 11.6. The van der Waals surface area contributed by atoms with Gasteiger partial charge in [0.25, 0.3) is 5.91 Å². The van der Waals surface area contributed by atoms with E-state index in [0.717, 1.165) is 11.5 Å².